The molecule has 2 aromatic carbocycles. The van der Waals surface area contributed by atoms with Gasteiger partial charge in [0.2, 0.25) is 0 Å². The Morgan fingerprint density at radius 3 is 2.68 bits per heavy atom. The predicted molar refractivity (Wildman–Crippen MR) is 94.4 cm³/mol. The number of benzene rings is 2. The first kappa shape index (κ1) is 18.9. The van der Waals surface area contributed by atoms with E-state index in [-0.39, 0.29) is 18.8 Å². The van der Waals surface area contributed by atoms with Gasteiger partial charge in [0, 0.05) is 11.6 Å². The molecule has 6 nitrogen and oxygen atoms in total. The number of amides is 1. The van der Waals surface area contributed by atoms with E-state index in [1.165, 1.54) is 13.2 Å². The highest BCUT2D eigenvalue weighted by molar-refractivity contribution is 6.30. The Labute approximate surface area is 150 Å². The number of rotatable bonds is 7. The van der Waals surface area contributed by atoms with E-state index in [9.17, 15) is 20.1 Å². The summed E-state index contributed by atoms with van der Waals surface area (Å²) >= 11 is 5.90. The summed E-state index contributed by atoms with van der Waals surface area (Å²) < 4.78 is 5.04. The van der Waals surface area contributed by atoms with Gasteiger partial charge in [-0.15, -0.1) is 0 Å². The molecule has 134 valence electrons. The number of nitrogens with zero attached hydrogens (tertiary/aromatic N) is 1. The molecule has 25 heavy (non-hydrogen) atoms. The van der Waals surface area contributed by atoms with Crippen molar-refractivity contribution < 1.29 is 24.9 Å². The lowest BCUT2D eigenvalue weighted by Crippen LogP contribution is -2.35. The smallest absolute Gasteiger partial charge is 0.407 e. The second-order valence-corrected chi connectivity index (χ2v) is 5.99. The molecule has 3 N–H and O–H groups in total. The van der Waals surface area contributed by atoms with Gasteiger partial charge < -0.3 is 25.0 Å². The molecular weight excluding hydrogens is 346 g/mol. The summed E-state index contributed by atoms with van der Waals surface area (Å²) in [5, 5.41) is 29.7. The predicted octanol–water partition coefficient (Wildman–Crippen LogP) is 3.31. The summed E-state index contributed by atoms with van der Waals surface area (Å²) in [7, 11) is 1.45. The minimum atomic E-state index is -1.12. The van der Waals surface area contributed by atoms with Crippen molar-refractivity contribution in [1.82, 2.24) is 4.90 Å². The fourth-order valence-corrected chi connectivity index (χ4v) is 2.63. The van der Waals surface area contributed by atoms with Gasteiger partial charge in [-0.25, -0.2) is 4.79 Å². The normalized spacial score (nSPS) is 11.8. The van der Waals surface area contributed by atoms with Gasteiger partial charge in [0.15, 0.2) is 11.5 Å². The van der Waals surface area contributed by atoms with Crippen molar-refractivity contribution in [2.45, 2.75) is 12.5 Å². The molecule has 7 heteroatoms. The van der Waals surface area contributed by atoms with Crippen LogP contribution in [0.15, 0.2) is 42.5 Å². The molecule has 0 spiro atoms. The Balaban J connectivity index is 2.02. The molecule has 0 fully saturated rings. The standard InChI is InChI=1S/C18H20ClNO5/c1-25-17-9-12(5-6-15(17)21)7-8-20(18(23)24)11-16(22)13-3-2-4-14(19)10-13/h2-6,9-10,16,21-22H,7-8,11H2,1H3,(H,23,24)/t16-/m0/s1. The van der Waals surface area contributed by atoms with Crippen molar-refractivity contribution in [2.24, 2.45) is 0 Å². The highest BCUT2D eigenvalue weighted by Crippen LogP contribution is 2.26. The number of halogens is 1. The lowest BCUT2D eigenvalue weighted by atomic mass is 10.1. The zero-order valence-electron chi connectivity index (χ0n) is 13.7. The summed E-state index contributed by atoms with van der Waals surface area (Å²) in [6.07, 6.45) is -1.67. The third-order valence-corrected chi connectivity index (χ3v) is 4.05. The fraction of sp³-hybridized carbons (Fsp3) is 0.278. The number of aliphatic hydroxyl groups excluding tert-OH is 1. The van der Waals surface area contributed by atoms with E-state index in [1.54, 1.807) is 36.4 Å². The maximum atomic E-state index is 11.5. The molecule has 0 aliphatic heterocycles. The number of aromatic hydroxyl groups is 1. The zero-order chi connectivity index (χ0) is 18.4. The average Bonchev–Trinajstić information content (AvgIpc) is 2.59. The van der Waals surface area contributed by atoms with Crippen LogP contribution < -0.4 is 4.74 Å². The van der Waals surface area contributed by atoms with Gasteiger partial charge in [-0.2, -0.15) is 0 Å². The second-order valence-electron chi connectivity index (χ2n) is 5.56. The van der Waals surface area contributed by atoms with Crippen molar-refractivity contribution in [3.63, 3.8) is 0 Å². The molecule has 0 bridgehead atoms. The SMILES string of the molecule is COc1cc(CCN(C[C@H](O)c2cccc(Cl)c2)C(=O)O)ccc1O. The van der Waals surface area contributed by atoms with Crippen LogP contribution in [-0.2, 0) is 6.42 Å². The topological polar surface area (TPSA) is 90.2 Å². The molecule has 0 saturated heterocycles. The Kier molecular flexibility index (Phi) is 6.50. The zero-order valence-corrected chi connectivity index (χ0v) is 14.5. The molecule has 0 unspecified atom stereocenters. The number of phenolic OH excluding ortho intramolecular Hbond substituents is 1. The van der Waals surface area contributed by atoms with Crippen LogP contribution in [0.1, 0.15) is 17.2 Å². The van der Waals surface area contributed by atoms with E-state index in [0.717, 1.165) is 10.5 Å². The lowest BCUT2D eigenvalue weighted by Gasteiger charge is -2.23. The number of aliphatic hydroxyl groups is 1. The summed E-state index contributed by atoms with van der Waals surface area (Å²) in [6, 6.07) is 11.5. The van der Waals surface area contributed by atoms with Crippen LogP contribution in [0.3, 0.4) is 0 Å². The van der Waals surface area contributed by atoms with Crippen molar-refractivity contribution in [3.05, 3.63) is 58.6 Å². The lowest BCUT2D eigenvalue weighted by molar-refractivity contribution is 0.0973. The number of hydrogen-bond acceptors (Lipinski definition) is 4. The Hall–Kier alpha value is -2.44. The monoisotopic (exact) mass is 365 g/mol. The number of hydrogen-bond donors (Lipinski definition) is 3. The van der Waals surface area contributed by atoms with Gasteiger partial charge in [0.05, 0.1) is 19.8 Å². The largest absolute Gasteiger partial charge is 0.504 e. The van der Waals surface area contributed by atoms with Crippen molar-refractivity contribution in [3.8, 4) is 11.5 Å². The van der Waals surface area contributed by atoms with Gasteiger partial charge in [-0.05, 0) is 41.8 Å². The first-order valence-corrected chi connectivity index (χ1v) is 8.05. The van der Waals surface area contributed by atoms with Crippen LogP contribution >= 0.6 is 11.6 Å². The maximum absolute atomic E-state index is 11.5. The van der Waals surface area contributed by atoms with Crippen LogP contribution in [0, 0.1) is 0 Å². The molecule has 0 aliphatic carbocycles. The number of carboxylic acid groups (broad SMARTS) is 1. The van der Waals surface area contributed by atoms with Crippen molar-refractivity contribution >= 4 is 17.7 Å². The van der Waals surface area contributed by atoms with Crippen LogP contribution in [0.4, 0.5) is 4.79 Å². The molecular formula is C18H20ClNO5. The first-order chi connectivity index (χ1) is 11.9. The first-order valence-electron chi connectivity index (χ1n) is 7.68. The van der Waals surface area contributed by atoms with Crippen molar-refractivity contribution in [2.75, 3.05) is 20.2 Å². The summed E-state index contributed by atoms with van der Waals surface area (Å²) in [5.74, 6) is 0.357. The molecule has 1 atom stereocenters. The highest BCUT2D eigenvalue weighted by Gasteiger charge is 2.18. The Bertz CT molecular complexity index is 737. The quantitative estimate of drug-likeness (QED) is 0.700. The van der Waals surface area contributed by atoms with E-state index >= 15 is 0 Å². The van der Waals surface area contributed by atoms with E-state index in [1.807, 2.05) is 0 Å². The molecule has 2 rings (SSSR count). The van der Waals surface area contributed by atoms with Gasteiger partial charge in [-0.1, -0.05) is 29.8 Å². The minimum Gasteiger partial charge on any atom is -0.504 e. The summed E-state index contributed by atoms with van der Waals surface area (Å²) in [5.41, 5.74) is 1.38. The molecule has 0 aliphatic rings. The van der Waals surface area contributed by atoms with Crippen LogP contribution in [0.2, 0.25) is 5.02 Å². The minimum absolute atomic E-state index is 0.0257. The highest BCUT2D eigenvalue weighted by atomic mass is 35.5. The maximum Gasteiger partial charge on any atom is 0.407 e. The Morgan fingerprint density at radius 2 is 2.04 bits per heavy atom. The molecule has 1 amide bonds. The van der Waals surface area contributed by atoms with Crippen LogP contribution in [-0.4, -0.2) is 46.5 Å². The number of methoxy groups -OCH3 is 1. The number of ether oxygens (including phenoxy) is 1. The second kappa shape index (κ2) is 8.60. The van der Waals surface area contributed by atoms with Gasteiger partial charge in [-0.3, -0.25) is 0 Å². The van der Waals surface area contributed by atoms with Gasteiger partial charge >= 0.3 is 6.09 Å². The number of phenols is 1. The third kappa shape index (κ3) is 5.27. The third-order valence-electron chi connectivity index (χ3n) is 3.81. The van der Waals surface area contributed by atoms with E-state index in [0.29, 0.717) is 22.8 Å². The van der Waals surface area contributed by atoms with E-state index in [4.69, 9.17) is 16.3 Å². The molecule has 0 saturated carbocycles. The molecule has 0 heterocycles. The summed E-state index contributed by atoms with van der Waals surface area (Å²) in [6.45, 7) is 0.131. The number of carbonyl (C=O) groups is 1. The molecule has 0 aromatic heterocycles. The van der Waals surface area contributed by atoms with Crippen molar-refractivity contribution in [1.29, 1.82) is 0 Å². The van der Waals surface area contributed by atoms with Gasteiger partial charge in [0.1, 0.15) is 0 Å². The fourth-order valence-electron chi connectivity index (χ4n) is 2.43. The van der Waals surface area contributed by atoms with E-state index in [2.05, 4.69) is 0 Å². The van der Waals surface area contributed by atoms with Crippen LogP contribution in [0.5, 0.6) is 11.5 Å². The molecule has 2 aromatic rings. The molecule has 0 radical (unpaired) electrons. The van der Waals surface area contributed by atoms with E-state index < -0.39 is 12.2 Å². The van der Waals surface area contributed by atoms with Crippen LogP contribution in [0.25, 0.3) is 0 Å². The van der Waals surface area contributed by atoms with Gasteiger partial charge in [0.25, 0.3) is 0 Å². The average molecular weight is 366 g/mol. The Morgan fingerprint density at radius 1 is 1.28 bits per heavy atom. The summed E-state index contributed by atoms with van der Waals surface area (Å²) in [4.78, 5) is 12.6.